The van der Waals surface area contributed by atoms with Crippen LogP contribution in [0, 0.1) is 0 Å². The molecule has 0 aromatic rings. The molecule has 0 aromatic carbocycles. The topological polar surface area (TPSA) is 0 Å². The monoisotopic (exact) mass is 396 g/mol. The summed E-state index contributed by atoms with van der Waals surface area (Å²) in [5.41, 5.74) is 0. The van der Waals surface area contributed by atoms with E-state index in [0.717, 1.165) is 0 Å². The molecule has 10 heavy (non-hydrogen) atoms. The van der Waals surface area contributed by atoms with Crippen LogP contribution in [-0.4, -0.2) is 0 Å². The van der Waals surface area contributed by atoms with E-state index in [0.29, 0.717) is 0 Å². The van der Waals surface area contributed by atoms with Crippen LogP contribution < -0.4 is 0 Å². The van der Waals surface area contributed by atoms with Gasteiger partial charge in [0.25, 0.3) is 0 Å². The molecule has 0 saturated carbocycles. The van der Waals surface area contributed by atoms with Crippen molar-refractivity contribution in [1.29, 1.82) is 0 Å². The van der Waals surface area contributed by atoms with E-state index in [9.17, 15) is 0 Å². The summed E-state index contributed by atoms with van der Waals surface area (Å²) in [5, 5.41) is 0. The van der Waals surface area contributed by atoms with Crippen LogP contribution in [0.15, 0.2) is 21.1 Å². The van der Waals surface area contributed by atoms with Gasteiger partial charge >= 0.3 is 0 Å². The molecule has 0 aliphatic carbocycles. The van der Waals surface area contributed by atoms with Crippen LogP contribution in [0.5, 0.6) is 0 Å². The molecule has 0 rings (SSSR count). The van der Waals surface area contributed by atoms with Crippen LogP contribution >= 0.6 is 46.4 Å². The third-order valence-corrected chi connectivity index (χ3v) is 0.839. The van der Waals surface area contributed by atoms with Gasteiger partial charge in [0.1, 0.15) is 8.98 Å². The molecule has 0 saturated heterocycles. The summed E-state index contributed by atoms with van der Waals surface area (Å²) in [4.78, 5) is 0. The van der Waals surface area contributed by atoms with Gasteiger partial charge in [-0.15, -0.1) is 0 Å². The fourth-order valence-corrected chi connectivity index (χ4v) is 0.378. The molecule has 0 atom stereocenters. The van der Waals surface area contributed by atoms with Crippen molar-refractivity contribution in [2.24, 2.45) is 0 Å². The van der Waals surface area contributed by atoms with E-state index < -0.39 is 0 Å². The molecule has 0 spiro atoms. The van der Waals surface area contributed by atoms with Crippen LogP contribution in [0.3, 0.4) is 0 Å². The van der Waals surface area contributed by atoms with Crippen LogP contribution in [0.1, 0.15) is 0 Å². The maximum Gasteiger partial charge on any atom is 0.106 e. The quantitative estimate of drug-likeness (QED) is 0.468. The Labute approximate surface area is 105 Å². The predicted octanol–water partition coefficient (Wildman–Crippen LogP) is 3.62. The third kappa shape index (κ3) is 16.5. The number of rotatable bonds is 1. The van der Waals surface area contributed by atoms with E-state index in [2.05, 4.69) is 0 Å². The van der Waals surface area contributed by atoms with Crippen molar-refractivity contribution >= 4 is 46.4 Å². The van der Waals surface area contributed by atoms with Crippen LogP contribution in [0.25, 0.3) is 0 Å². The Bertz CT molecular complexity index is 107. The summed E-state index contributed by atoms with van der Waals surface area (Å²) in [6, 6.07) is 0. The molecule has 0 fully saturated rings. The molecule has 0 heterocycles. The minimum Gasteiger partial charge on any atom is -0.0709 e. The third-order valence-electron chi connectivity index (χ3n) is 0.335. The summed E-state index contributed by atoms with van der Waals surface area (Å²) in [5.74, 6) is 0. The number of allylic oxidation sites excluding steroid dienone is 2. The van der Waals surface area contributed by atoms with Crippen molar-refractivity contribution in [3.8, 4) is 0 Å². The van der Waals surface area contributed by atoms with Crippen molar-refractivity contribution in [2.75, 3.05) is 0 Å². The van der Waals surface area contributed by atoms with Gasteiger partial charge in [-0.25, -0.2) is 0 Å². The molecule has 6 heteroatoms. The Morgan fingerprint density at radius 3 is 1.00 bits per heavy atom. The molecule has 0 unspecified atom stereocenters. The summed E-state index contributed by atoms with van der Waals surface area (Å²) >= 11 is 20.7. The second kappa shape index (κ2) is 10.9. The summed E-state index contributed by atoms with van der Waals surface area (Å²) in [6.07, 6.45) is 2.77. The minimum atomic E-state index is 0. The fourth-order valence-electron chi connectivity index (χ4n) is 0.126. The molecule has 64 valence electrons. The van der Waals surface area contributed by atoms with Gasteiger partial charge in [0, 0.05) is 39.0 Å². The van der Waals surface area contributed by atoms with Gasteiger partial charge in [0.05, 0.1) is 0 Å². The Balaban J connectivity index is -0.000000245. The minimum absolute atomic E-state index is 0. The van der Waals surface area contributed by atoms with Crippen LogP contribution in [0.2, 0.25) is 0 Å². The van der Waals surface area contributed by atoms with E-state index in [-0.39, 0.29) is 47.9 Å². The van der Waals surface area contributed by atoms with Crippen molar-refractivity contribution in [1.82, 2.24) is 0 Å². The van der Waals surface area contributed by atoms with Gasteiger partial charge in [-0.3, -0.25) is 0 Å². The zero-order valence-corrected chi connectivity index (χ0v) is 10.6. The molecule has 0 aliphatic rings. The molecule has 0 aliphatic heterocycles. The molecule has 0 aromatic heterocycles. The summed E-state index contributed by atoms with van der Waals surface area (Å²) in [6.45, 7) is 0. The second-order valence-electron chi connectivity index (χ2n) is 0.913. The SMILES string of the molecule is ClC(Cl)=CC=C(Cl)Cl.[Rh].[Rh]. The van der Waals surface area contributed by atoms with Gasteiger partial charge in [-0.05, 0) is 12.2 Å². The maximum atomic E-state index is 5.19. The van der Waals surface area contributed by atoms with Crippen molar-refractivity contribution in [2.45, 2.75) is 0 Å². The van der Waals surface area contributed by atoms with E-state index in [4.69, 9.17) is 46.4 Å². The summed E-state index contributed by atoms with van der Waals surface area (Å²) in [7, 11) is 0. The van der Waals surface area contributed by atoms with Gasteiger partial charge in [-0.1, -0.05) is 46.4 Å². The summed E-state index contributed by atoms with van der Waals surface area (Å²) < 4.78 is 0.257. The van der Waals surface area contributed by atoms with Crippen LogP contribution in [0.4, 0.5) is 0 Å². The van der Waals surface area contributed by atoms with E-state index >= 15 is 0 Å². The van der Waals surface area contributed by atoms with Gasteiger partial charge in [0.15, 0.2) is 0 Å². The zero-order chi connectivity index (χ0) is 6.57. The van der Waals surface area contributed by atoms with Crippen molar-refractivity contribution in [3.05, 3.63) is 21.1 Å². The Morgan fingerprint density at radius 1 is 0.700 bits per heavy atom. The predicted molar refractivity (Wildman–Crippen MR) is 39.6 cm³/mol. The smallest absolute Gasteiger partial charge is 0.0709 e. The van der Waals surface area contributed by atoms with Gasteiger partial charge < -0.3 is 0 Å². The van der Waals surface area contributed by atoms with Crippen molar-refractivity contribution in [3.63, 3.8) is 0 Å². The maximum absolute atomic E-state index is 5.19. The van der Waals surface area contributed by atoms with Crippen LogP contribution in [-0.2, 0) is 39.0 Å². The first-order valence-electron chi connectivity index (χ1n) is 1.67. The van der Waals surface area contributed by atoms with Crippen molar-refractivity contribution < 1.29 is 39.0 Å². The number of halogens is 4. The first-order valence-corrected chi connectivity index (χ1v) is 3.18. The molecular weight excluding hydrogens is 396 g/mol. The largest absolute Gasteiger partial charge is 0.106 e. The molecule has 0 bridgehead atoms. The Hall–Kier alpha value is 1.89. The Morgan fingerprint density at radius 2 is 0.900 bits per heavy atom. The van der Waals surface area contributed by atoms with E-state index in [1.54, 1.807) is 0 Å². The van der Waals surface area contributed by atoms with E-state index in [1.165, 1.54) is 12.2 Å². The molecule has 2 radical (unpaired) electrons. The number of hydrogen-bond donors (Lipinski definition) is 0. The Kier molecular flexibility index (Phi) is 19.4. The molecule has 0 amide bonds. The first-order chi connectivity index (χ1) is 3.63. The number of hydrogen-bond acceptors (Lipinski definition) is 0. The standard InChI is InChI=1S/C4H2Cl4.2Rh/c5-3(6)1-2-4(7)8;;/h1-2H;;. The molecule has 0 nitrogen and oxygen atoms in total. The van der Waals surface area contributed by atoms with E-state index in [1.807, 2.05) is 0 Å². The first kappa shape index (κ1) is 17.8. The van der Waals surface area contributed by atoms with Gasteiger partial charge in [-0.2, -0.15) is 0 Å². The molecule has 0 N–H and O–H groups in total. The zero-order valence-electron chi connectivity index (χ0n) is 4.33. The second-order valence-corrected chi connectivity index (χ2v) is 2.93. The fraction of sp³-hybridized carbons (Fsp3) is 0. The normalized spacial score (nSPS) is 6.40. The average molecular weight is 398 g/mol. The van der Waals surface area contributed by atoms with Gasteiger partial charge in [0.2, 0.25) is 0 Å². The molecular formula is C4H2Cl4Rh2. The average Bonchev–Trinajstić information content (AvgIpc) is 1.61.